The Morgan fingerprint density at radius 3 is 2.75 bits per heavy atom. The molecular weight excluding hydrogens is 207 g/mol. The van der Waals surface area contributed by atoms with Gasteiger partial charge >= 0.3 is 0 Å². The molecule has 0 spiro atoms. The number of rotatable bonds is 6. The molecule has 0 heterocycles. The van der Waals surface area contributed by atoms with Gasteiger partial charge in [0.2, 0.25) is 0 Å². The number of nitrogens with two attached hydrogens (primary N) is 2. The Kier molecular flexibility index (Phi) is 5.22. The molecule has 16 heavy (non-hydrogen) atoms. The molecule has 0 fully saturated rings. The molecule has 0 saturated carbocycles. The molecule has 1 aromatic rings. The Labute approximate surface area is 95.6 Å². The van der Waals surface area contributed by atoms with Gasteiger partial charge in [-0.15, -0.1) is 0 Å². The van der Waals surface area contributed by atoms with E-state index in [0.29, 0.717) is 12.3 Å². The number of unbranched alkanes of at least 4 members (excludes halogenated alkanes) is 1. The minimum atomic E-state index is -0.310. The number of benzene rings is 1. The second kappa shape index (κ2) is 6.45. The molecule has 1 aromatic carbocycles. The van der Waals surface area contributed by atoms with E-state index < -0.39 is 0 Å². The van der Waals surface area contributed by atoms with E-state index in [4.69, 9.17) is 16.2 Å². The lowest BCUT2D eigenvalue weighted by Crippen LogP contribution is -2.12. The topological polar surface area (TPSA) is 61.3 Å². The Balaban J connectivity index is 2.70. The van der Waals surface area contributed by atoms with Crippen LogP contribution in [0.25, 0.3) is 0 Å². The van der Waals surface area contributed by atoms with Crippen LogP contribution < -0.4 is 16.2 Å². The highest BCUT2D eigenvalue weighted by molar-refractivity contribution is 5.36. The highest BCUT2D eigenvalue weighted by Gasteiger charge is 2.12. The molecule has 0 aliphatic heterocycles. The Morgan fingerprint density at radius 1 is 1.38 bits per heavy atom. The van der Waals surface area contributed by atoms with Gasteiger partial charge in [-0.1, -0.05) is 12.5 Å². The monoisotopic (exact) mass is 226 g/mol. The normalized spacial score (nSPS) is 12.5. The van der Waals surface area contributed by atoms with Crippen molar-refractivity contribution in [1.29, 1.82) is 0 Å². The minimum absolute atomic E-state index is 0.123. The van der Waals surface area contributed by atoms with E-state index in [0.717, 1.165) is 24.8 Å². The van der Waals surface area contributed by atoms with Crippen LogP contribution in [0.4, 0.5) is 4.39 Å². The van der Waals surface area contributed by atoms with Gasteiger partial charge in [0.1, 0.15) is 11.6 Å². The van der Waals surface area contributed by atoms with Crippen molar-refractivity contribution >= 4 is 0 Å². The molecule has 0 amide bonds. The molecule has 4 heteroatoms. The third-order valence-electron chi connectivity index (χ3n) is 2.56. The minimum Gasteiger partial charge on any atom is -0.496 e. The van der Waals surface area contributed by atoms with Crippen LogP contribution in [0, 0.1) is 5.82 Å². The molecule has 1 atom stereocenters. The fraction of sp³-hybridized carbons (Fsp3) is 0.500. The molecule has 4 N–H and O–H groups in total. The lowest BCUT2D eigenvalue weighted by molar-refractivity contribution is 0.400. The first-order chi connectivity index (χ1) is 7.69. The van der Waals surface area contributed by atoms with E-state index in [2.05, 4.69) is 0 Å². The third-order valence-corrected chi connectivity index (χ3v) is 2.56. The summed E-state index contributed by atoms with van der Waals surface area (Å²) in [6.07, 6.45) is 2.76. The summed E-state index contributed by atoms with van der Waals surface area (Å²) >= 11 is 0. The molecule has 0 unspecified atom stereocenters. The molecule has 90 valence electrons. The second-order valence-electron chi connectivity index (χ2n) is 3.78. The maximum atomic E-state index is 13.0. The lowest BCUT2D eigenvalue weighted by atomic mass is 10.0. The summed E-state index contributed by atoms with van der Waals surface area (Å²) in [5, 5.41) is 0. The second-order valence-corrected chi connectivity index (χ2v) is 3.78. The fourth-order valence-electron chi connectivity index (χ4n) is 1.66. The maximum Gasteiger partial charge on any atom is 0.126 e. The van der Waals surface area contributed by atoms with Crippen LogP contribution >= 0.6 is 0 Å². The molecule has 0 saturated heterocycles. The summed E-state index contributed by atoms with van der Waals surface area (Å²) in [4.78, 5) is 0. The van der Waals surface area contributed by atoms with Crippen molar-refractivity contribution in [2.45, 2.75) is 25.3 Å². The summed E-state index contributed by atoms with van der Waals surface area (Å²) in [6.45, 7) is 0.674. The summed E-state index contributed by atoms with van der Waals surface area (Å²) in [6, 6.07) is 4.32. The highest BCUT2D eigenvalue weighted by atomic mass is 19.1. The first-order valence-corrected chi connectivity index (χ1v) is 5.48. The first-order valence-electron chi connectivity index (χ1n) is 5.48. The van der Waals surface area contributed by atoms with Crippen molar-refractivity contribution in [2.24, 2.45) is 11.5 Å². The Hall–Kier alpha value is -1.13. The van der Waals surface area contributed by atoms with Crippen molar-refractivity contribution in [3.63, 3.8) is 0 Å². The van der Waals surface area contributed by atoms with Gasteiger partial charge in [0.05, 0.1) is 7.11 Å². The van der Waals surface area contributed by atoms with E-state index in [1.807, 2.05) is 0 Å². The first kappa shape index (κ1) is 12.9. The standard InChI is InChI=1S/C12H19FN2O/c1-16-12-8-9(13)5-6-10(12)11(15)4-2-3-7-14/h5-6,8,11H,2-4,7,14-15H2,1H3/t11-/m1/s1. The molecule has 1 rings (SSSR count). The van der Waals surface area contributed by atoms with E-state index in [1.165, 1.54) is 19.2 Å². The van der Waals surface area contributed by atoms with Gasteiger partial charge in [-0.25, -0.2) is 4.39 Å². The van der Waals surface area contributed by atoms with Crippen molar-refractivity contribution in [3.8, 4) is 5.75 Å². The van der Waals surface area contributed by atoms with Crippen LogP contribution in [-0.2, 0) is 0 Å². The fourth-order valence-corrected chi connectivity index (χ4v) is 1.66. The molecule has 0 aliphatic carbocycles. The predicted molar refractivity (Wildman–Crippen MR) is 62.8 cm³/mol. The zero-order chi connectivity index (χ0) is 12.0. The van der Waals surface area contributed by atoms with E-state index in [-0.39, 0.29) is 11.9 Å². The molecule has 3 nitrogen and oxygen atoms in total. The molecule has 0 radical (unpaired) electrons. The van der Waals surface area contributed by atoms with Gasteiger partial charge in [0.25, 0.3) is 0 Å². The maximum absolute atomic E-state index is 13.0. The largest absolute Gasteiger partial charge is 0.496 e. The van der Waals surface area contributed by atoms with Gasteiger partial charge in [0.15, 0.2) is 0 Å². The highest BCUT2D eigenvalue weighted by Crippen LogP contribution is 2.27. The summed E-state index contributed by atoms with van der Waals surface area (Å²) < 4.78 is 18.1. The van der Waals surface area contributed by atoms with Crippen molar-refractivity contribution in [3.05, 3.63) is 29.6 Å². The van der Waals surface area contributed by atoms with Crippen LogP contribution in [0.3, 0.4) is 0 Å². The molecule has 0 bridgehead atoms. The van der Waals surface area contributed by atoms with Crippen LogP contribution in [0.2, 0.25) is 0 Å². The van der Waals surface area contributed by atoms with Gasteiger partial charge in [0, 0.05) is 17.7 Å². The van der Waals surface area contributed by atoms with Crippen LogP contribution in [-0.4, -0.2) is 13.7 Å². The van der Waals surface area contributed by atoms with Crippen LogP contribution in [0.5, 0.6) is 5.75 Å². The third kappa shape index (κ3) is 3.47. The zero-order valence-corrected chi connectivity index (χ0v) is 9.58. The van der Waals surface area contributed by atoms with Crippen LogP contribution in [0.15, 0.2) is 18.2 Å². The number of ether oxygens (including phenoxy) is 1. The molecule has 0 aliphatic rings. The smallest absolute Gasteiger partial charge is 0.126 e. The molecular formula is C12H19FN2O. The van der Waals surface area contributed by atoms with Gasteiger partial charge in [-0.05, 0) is 25.5 Å². The quantitative estimate of drug-likeness (QED) is 0.729. The zero-order valence-electron chi connectivity index (χ0n) is 9.58. The number of hydrogen-bond acceptors (Lipinski definition) is 3. The Bertz CT molecular complexity index is 331. The van der Waals surface area contributed by atoms with Crippen molar-refractivity contribution in [1.82, 2.24) is 0 Å². The summed E-state index contributed by atoms with van der Waals surface area (Å²) in [5.74, 6) is 0.204. The summed E-state index contributed by atoms with van der Waals surface area (Å²) in [7, 11) is 1.52. The number of halogens is 1. The lowest BCUT2D eigenvalue weighted by Gasteiger charge is -2.15. The van der Waals surface area contributed by atoms with Crippen molar-refractivity contribution in [2.75, 3.05) is 13.7 Å². The average molecular weight is 226 g/mol. The Morgan fingerprint density at radius 2 is 2.12 bits per heavy atom. The molecule has 0 aromatic heterocycles. The van der Waals surface area contributed by atoms with E-state index in [1.54, 1.807) is 6.07 Å². The SMILES string of the molecule is COc1cc(F)ccc1[C@H](N)CCCCN. The number of methoxy groups -OCH3 is 1. The number of hydrogen-bond donors (Lipinski definition) is 2. The van der Waals surface area contributed by atoms with E-state index in [9.17, 15) is 4.39 Å². The van der Waals surface area contributed by atoms with Gasteiger partial charge in [-0.3, -0.25) is 0 Å². The summed E-state index contributed by atoms with van der Waals surface area (Å²) in [5.41, 5.74) is 12.3. The van der Waals surface area contributed by atoms with Crippen LogP contribution in [0.1, 0.15) is 30.9 Å². The van der Waals surface area contributed by atoms with E-state index >= 15 is 0 Å². The van der Waals surface area contributed by atoms with Gasteiger partial charge in [-0.2, -0.15) is 0 Å². The predicted octanol–water partition coefficient (Wildman–Crippen LogP) is 1.96. The van der Waals surface area contributed by atoms with Gasteiger partial charge < -0.3 is 16.2 Å². The van der Waals surface area contributed by atoms with Crippen molar-refractivity contribution < 1.29 is 9.13 Å². The average Bonchev–Trinajstić information content (AvgIpc) is 2.29.